The highest BCUT2D eigenvalue weighted by Gasteiger charge is 2.08. The quantitative estimate of drug-likeness (QED) is 0.631. The first-order chi connectivity index (χ1) is 7.33. The summed E-state index contributed by atoms with van der Waals surface area (Å²) >= 11 is 0. The zero-order valence-electron chi connectivity index (χ0n) is 9.24. The molecule has 3 nitrogen and oxygen atoms in total. The summed E-state index contributed by atoms with van der Waals surface area (Å²) in [5.41, 5.74) is 1.32. The predicted octanol–water partition coefficient (Wildman–Crippen LogP) is 0.535. The van der Waals surface area contributed by atoms with Crippen LogP contribution in [-0.4, -0.2) is 37.4 Å². The molecule has 0 amide bonds. The Morgan fingerprint density at radius 3 is 2.33 bits per heavy atom. The molecule has 1 aromatic carbocycles. The molecule has 1 unspecified atom stereocenters. The largest absolute Gasteiger partial charge is 0.395 e. The van der Waals surface area contributed by atoms with E-state index in [9.17, 15) is 0 Å². The SMILES string of the molecule is Cc1ccccc1.OCC1CNCCN1. The summed E-state index contributed by atoms with van der Waals surface area (Å²) in [6.07, 6.45) is 0. The van der Waals surface area contributed by atoms with Crippen molar-refractivity contribution in [2.24, 2.45) is 0 Å². The molecule has 0 bridgehead atoms. The van der Waals surface area contributed by atoms with Gasteiger partial charge in [0.15, 0.2) is 0 Å². The van der Waals surface area contributed by atoms with Crippen LogP contribution in [0.5, 0.6) is 0 Å². The molecule has 0 aromatic heterocycles. The van der Waals surface area contributed by atoms with E-state index in [0.717, 1.165) is 19.6 Å². The van der Waals surface area contributed by atoms with Gasteiger partial charge in [-0.25, -0.2) is 0 Å². The first kappa shape index (κ1) is 12.2. The number of hydrogen-bond donors (Lipinski definition) is 3. The second kappa shape index (κ2) is 7.40. The highest BCUT2D eigenvalue weighted by atomic mass is 16.3. The summed E-state index contributed by atoms with van der Waals surface area (Å²) in [7, 11) is 0. The summed E-state index contributed by atoms with van der Waals surface area (Å²) in [4.78, 5) is 0. The number of aryl methyl sites for hydroxylation is 1. The van der Waals surface area contributed by atoms with Gasteiger partial charge in [-0.2, -0.15) is 0 Å². The Labute approximate surface area is 91.5 Å². The molecule has 0 saturated carbocycles. The fourth-order valence-corrected chi connectivity index (χ4v) is 1.38. The summed E-state index contributed by atoms with van der Waals surface area (Å²) in [5.74, 6) is 0. The lowest BCUT2D eigenvalue weighted by atomic mass is 10.2. The number of benzene rings is 1. The second-order valence-electron chi connectivity index (χ2n) is 3.69. The van der Waals surface area contributed by atoms with Crippen LogP contribution in [0.1, 0.15) is 5.56 Å². The van der Waals surface area contributed by atoms with Gasteiger partial charge < -0.3 is 15.7 Å². The fraction of sp³-hybridized carbons (Fsp3) is 0.500. The third kappa shape index (κ3) is 5.52. The standard InChI is InChI=1S/C7H8.C5H12N2O/c1-7-5-3-2-4-6-7;8-4-5-3-6-1-2-7-5/h2-6H,1H3;5-8H,1-4H2. The third-order valence-corrected chi connectivity index (χ3v) is 2.29. The van der Waals surface area contributed by atoms with Crippen LogP contribution in [0.15, 0.2) is 30.3 Å². The molecule has 1 aliphatic rings. The lowest BCUT2D eigenvalue weighted by molar-refractivity contribution is 0.227. The van der Waals surface area contributed by atoms with Gasteiger partial charge in [-0.05, 0) is 6.92 Å². The number of hydrogen-bond acceptors (Lipinski definition) is 3. The molecule has 0 aliphatic carbocycles. The molecular formula is C12H20N2O. The summed E-state index contributed by atoms with van der Waals surface area (Å²) in [6.45, 7) is 5.23. The zero-order chi connectivity index (χ0) is 10.9. The van der Waals surface area contributed by atoms with Crippen LogP contribution in [-0.2, 0) is 0 Å². The van der Waals surface area contributed by atoms with Crippen LogP contribution in [0.2, 0.25) is 0 Å². The molecular weight excluding hydrogens is 188 g/mol. The minimum atomic E-state index is 0.243. The fourth-order valence-electron chi connectivity index (χ4n) is 1.38. The van der Waals surface area contributed by atoms with Crippen LogP contribution in [0.3, 0.4) is 0 Å². The van der Waals surface area contributed by atoms with E-state index in [1.54, 1.807) is 0 Å². The monoisotopic (exact) mass is 208 g/mol. The molecule has 0 radical (unpaired) electrons. The van der Waals surface area contributed by atoms with Gasteiger partial charge in [0.1, 0.15) is 0 Å². The molecule has 1 atom stereocenters. The first-order valence-corrected chi connectivity index (χ1v) is 5.39. The molecule has 2 rings (SSSR count). The first-order valence-electron chi connectivity index (χ1n) is 5.39. The molecule has 0 spiro atoms. The van der Waals surface area contributed by atoms with E-state index in [0.29, 0.717) is 0 Å². The van der Waals surface area contributed by atoms with Crippen molar-refractivity contribution >= 4 is 0 Å². The average Bonchev–Trinajstić information content (AvgIpc) is 2.32. The van der Waals surface area contributed by atoms with Gasteiger partial charge in [-0.15, -0.1) is 0 Å². The van der Waals surface area contributed by atoms with E-state index < -0.39 is 0 Å². The van der Waals surface area contributed by atoms with Crippen molar-refractivity contribution in [1.82, 2.24) is 10.6 Å². The Morgan fingerprint density at radius 1 is 1.27 bits per heavy atom. The lowest BCUT2D eigenvalue weighted by Gasteiger charge is -2.21. The van der Waals surface area contributed by atoms with Gasteiger partial charge in [0.05, 0.1) is 6.61 Å². The van der Waals surface area contributed by atoms with Gasteiger partial charge in [-0.3, -0.25) is 0 Å². The molecule has 1 fully saturated rings. The second-order valence-corrected chi connectivity index (χ2v) is 3.69. The van der Waals surface area contributed by atoms with E-state index in [4.69, 9.17) is 5.11 Å². The van der Waals surface area contributed by atoms with Crippen molar-refractivity contribution in [2.75, 3.05) is 26.2 Å². The van der Waals surface area contributed by atoms with Gasteiger partial charge in [-0.1, -0.05) is 35.9 Å². The van der Waals surface area contributed by atoms with E-state index in [2.05, 4.69) is 29.7 Å². The summed E-state index contributed by atoms with van der Waals surface area (Å²) < 4.78 is 0. The summed E-state index contributed by atoms with van der Waals surface area (Å²) in [5, 5.41) is 14.9. The van der Waals surface area contributed by atoms with Crippen molar-refractivity contribution in [2.45, 2.75) is 13.0 Å². The van der Waals surface area contributed by atoms with Crippen LogP contribution < -0.4 is 10.6 Å². The average molecular weight is 208 g/mol. The third-order valence-electron chi connectivity index (χ3n) is 2.29. The Morgan fingerprint density at radius 2 is 2.00 bits per heavy atom. The molecule has 1 aromatic rings. The van der Waals surface area contributed by atoms with E-state index >= 15 is 0 Å². The number of aliphatic hydroxyl groups excluding tert-OH is 1. The minimum Gasteiger partial charge on any atom is -0.395 e. The van der Waals surface area contributed by atoms with E-state index in [1.807, 2.05) is 18.2 Å². The minimum absolute atomic E-state index is 0.243. The maximum atomic E-state index is 8.59. The Bertz CT molecular complexity index is 245. The molecule has 15 heavy (non-hydrogen) atoms. The van der Waals surface area contributed by atoms with Gasteiger partial charge in [0.2, 0.25) is 0 Å². The number of nitrogens with one attached hydrogen (secondary N) is 2. The molecule has 1 heterocycles. The van der Waals surface area contributed by atoms with E-state index in [-0.39, 0.29) is 12.6 Å². The van der Waals surface area contributed by atoms with Crippen molar-refractivity contribution in [3.8, 4) is 0 Å². The van der Waals surface area contributed by atoms with Crippen LogP contribution >= 0.6 is 0 Å². The van der Waals surface area contributed by atoms with Crippen molar-refractivity contribution in [3.63, 3.8) is 0 Å². The number of piperazine rings is 1. The lowest BCUT2D eigenvalue weighted by Crippen LogP contribution is -2.49. The van der Waals surface area contributed by atoms with Gasteiger partial charge >= 0.3 is 0 Å². The van der Waals surface area contributed by atoms with Crippen molar-refractivity contribution < 1.29 is 5.11 Å². The molecule has 3 N–H and O–H groups in total. The highest BCUT2D eigenvalue weighted by molar-refractivity contribution is 5.11. The van der Waals surface area contributed by atoms with E-state index in [1.165, 1.54) is 5.56 Å². The zero-order valence-corrected chi connectivity index (χ0v) is 9.24. The molecule has 3 heteroatoms. The maximum Gasteiger partial charge on any atom is 0.0597 e. The Balaban J connectivity index is 0.000000151. The van der Waals surface area contributed by atoms with Gasteiger partial charge in [0, 0.05) is 25.7 Å². The van der Waals surface area contributed by atoms with Crippen molar-refractivity contribution in [3.05, 3.63) is 35.9 Å². The highest BCUT2D eigenvalue weighted by Crippen LogP contribution is 1.92. The van der Waals surface area contributed by atoms with Crippen LogP contribution in [0, 0.1) is 6.92 Å². The maximum absolute atomic E-state index is 8.59. The normalized spacial score (nSPS) is 20.3. The Hall–Kier alpha value is -0.900. The number of aliphatic hydroxyl groups is 1. The summed E-state index contributed by atoms with van der Waals surface area (Å²) in [6, 6.07) is 10.5. The smallest absolute Gasteiger partial charge is 0.0597 e. The van der Waals surface area contributed by atoms with Gasteiger partial charge in [0.25, 0.3) is 0 Å². The topological polar surface area (TPSA) is 44.3 Å². The molecule has 1 saturated heterocycles. The van der Waals surface area contributed by atoms with Crippen molar-refractivity contribution in [1.29, 1.82) is 0 Å². The molecule has 1 aliphatic heterocycles. The number of rotatable bonds is 1. The van der Waals surface area contributed by atoms with Crippen LogP contribution in [0.25, 0.3) is 0 Å². The Kier molecular flexibility index (Phi) is 6.00. The molecule has 84 valence electrons. The predicted molar refractivity (Wildman–Crippen MR) is 62.9 cm³/mol. The van der Waals surface area contributed by atoms with Crippen LogP contribution in [0.4, 0.5) is 0 Å².